The predicted molar refractivity (Wildman–Crippen MR) is 63.1 cm³/mol. The van der Waals surface area contributed by atoms with Gasteiger partial charge in [0.15, 0.2) is 0 Å². The minimum Gasteiger partial charge on any atom is -0.377 e. The summed E-state index contributed by atoms with van der Waals surface area (Å²) >= 11 is 0. The summed E-state index contributed by atoms with van der Waals surface area (Å²) in [6.07, 6.45) is 3.83. The fourth-order valence-corrected chi connectivity index (χ4v) is 2.01. The van der Waals surface area contributed by atoms with E-state index in [1.807, 2.05) is 7.05 Å². The lowest BCUT2D eigenvalue weighted by Crippen LogP contribution is -2.48. The highest BCUT2D eigenvalue weighted by molar-refractivity contribution is 5.80. The molecule has 0 aromatic rings. The molecule has 0 aliphatic carbocycles. The zero-order valence-corrected chi connectivity index (χ0v) is 10.2. The van der Waals surface area contributed by atoms with Crippen LogP contribution in [0.4, 0.5) is 0 Å². The van der Waals surface area contributed by atoms with Crippen LogP contribution in [0.3, 0.4) is 0 Å². The minimum atomic E-state index is -0.307. The van der Waals surface area contributed by atoms with E-state index in [-0.39, 0.29) is 11.9 Å². The van der Waals surface area contributed by atoms with E-state index in [2.05, 4.69) is 10.2 Å². The fourth-order valence-electron chi connectivity index (χ4n) is 2.01. The molecule has 5 nitrogen and oxygen atoms in total. The lowest BCUT2D eigenvalue weighted by Gasteiger charge is -2.28. The lowest BCUT2D eigenvalue weighted by atomic mass is 10.1. The van der Waals surface area contributed by atoms with Crippen molar-refractivity contribution in [1.82, 2.24) is 10.2 Å². The molecule has 0 spiro atoms. The van der Waals surface area contributed by atoms with E-state index < -0.39 is 0 Å². The van der Waals surface area contributed by atoms with Crippen LogP contribution in [0.1, 0.15) is 19.3 Å². The highest BCUT2D eigenvalue weighted by Crippen LogP contribution is 2.13. The molecule has 16 heavy (non-hydrogen) atoms. The zero-order valence-electron chi connectivity index (χ0n) is 10.2. The SMILES string of the molecule is CNC(CN(C)CC1CCCCO1)C(N)=O. The van der Waals surface area contributed by atoms with Gasteiger partial charge in [-0.15, -0.1) is 0 Å². The van der Waals surface area contributed by atoms with Crippen molar-refractivity contribution < 1.29 is 9.53 Å². The van der Waals surface area contributed by atoms with E-state index >= 15 is 0 Å². The molecule has 1 rings (SSSR count). The molecule has 5 heteroatoms. The third-order valence-electron chi connectivity index (χ3n) is 2.98. The average molecular weight is 229 g/mol. The van der Waals surface area contributed by atoms with E-state index in [9.17, 15) is 4.79 Å². The Hall–Kier alpha value is -0.650. The van der Waals surface area contributed by atoms with Crippen molar-refractivity contribution in [3.63, 3.8) is 0 Å². The Morgan fingerprint density at radius 3 is 2.88 bits per heavy atom. The van der Waals surface area contributed by atoms with Gasteiger partial charge in [0.1, 0.15) is 0 Å². The molecule has 0 saturated carbocycles. The second-order valence-corrected chi connectivity index (χ2v) is 4.45. The molecule has 0 radical (unpaired) electrons. The number of ether oxygens (including phenoxy) is 1. The lowest BCUT2D eigenvalue weighted by molar-refractivity contribution is -0.120. The summed E-state index contributed by atoms with van der Waals surface area (Å²) in [6.45, 7) is 2.36. The van der Waals surface area contributed by atoms with E-state index in [0.29, 0.717) is 12.6 Å². The number of hydrogen-bond acceptors (Lipinski definition) is 4. The normalized spacial score (nSPS) is 23.3. The number of nitrogens with two attached hydrogens (primary N) is 1. The van der Waals surface area contributed by atoms with Crippen molar-refractivity contribution in [3.05, 3.63) is 0 Å². The van der Waals surface area contributed by atoms with Crippen LogP contribution in [0.15, 0.2) is 0 Å². The molecule has 1 heterocycles. The number of carbonyl (C=O) groups excluding carboxylic acids is 1. The van der Waals surface area contributed by atoms with Crippen LogP contribution in [-0.4, -0.2) is 56.7 Å². The molecule has 0 bridgehead atoms. The molecule has 2 unspecified atom stereocenters. The van der Waals surface area contributed by atoms with E-state index in [4.69, 9.17) is 10.5 Å². The first-order valence-corrected chi connectivity index (χ1v) is 5.90. The van der Waals surface area contributed by atoms with Crippen molar-refractivity contribution in [2.24, 2.45) is 5.73 Å². The van der Waals surface area contributed by atoms with Gasteiger partial charge in [-0.3, -0.25) is 4.79 Å². The molecule has 2 atom stereocenters. The van der Waals surface area contributed by atoms with Gasteiger partial charge in [-0.2, -0.15) is 0 Å². The minimum absolute atomic E-state index is 0.284. The second-order valence-electron chi connectivity index (χ2n) is 4.45. The third kappa shape index (κ3) is 4.47. The molecule has 0 aromatic carbocycles. The van der Waals surface area contributed by atoms with Crippen LogP contribution in [0, 0.1) is 0 Å². The summed E-state index contributed by atoms with van der Waals surface area (Å²) < 4.78 is 5.65. The zero-order chi connectivity index (χ0) is 12.0. The summed E-state index contributed by atoms with van der Waals surface area (Å²) in [5.74, 6) is -0.307. The molecule has 1 aliphatic heterocycles. The Bertz CT molecular complexity index is 217. The van der Waals surface area contributed by atoms with Crippen LogP contribution in [0.25, 0.3) is 0 Å². The van der Waals surface area contributed by atoms with Crippen LogP contribution in [0.2, 0.25) is 0 Å². The summed E-state index contributed by atoms with van der Waals surface area (Å²) in [5, 5.41) is 2.91. The predicted octanol–water partition coefficient (Wildman–Crippen LogP) is -0.439. The quantitative estimate of drug-likeness (QED) is 0.648. The maximum atomic E-state index is 11.1. The molecule has 1 fully saturated rings. The number of primary amides is 1. The first kappa shape index (κ1) is 13.4. The molecule has 1 amide bonds. The van der Waals surface area contributed by atoms with Gasteiger partial charge in [0.05, 0.1) is 12.1 Å². The van der Waals surface area contributed by atoms with Gasteiger partial charge in [0, 0.05) is 19.7 Å². The van der Waals surface area contributed by atoms with Gasteiger partial charge >= 0.3 is 0 Å². The molecule has 0 aromatic heterocycles. The van der Waals surface area contributed by atoms with Gasteiger partial charge < -0.3 is 20.7 Å². The Kier molecular flexibility index (Phi) is 5.73. The topological polar surface area (TPSA) is 67.6 Å². The Balaban J connectivity index is 2.27. The molecule has 1 saturated heterocycles. The van der Waals surface area contributed by atoms with E-state index in [1.165, 1.54) is 12.8 Å². The Morgan fingerprint density at radius 2 is 2.38 bits per heavy atom. The van der Waals surface area contributed by atoms with Gasteiger partial charge in [0.2, 0.25) is 5.91 Å². The number of amides is 1. The fraction of sp³-hybridized carbons (Fsp3) is 0.909. The third-order valence-corrected chi connectivity index (χ3v) is 2.98. The number of nitrogens with zero attached hydrogens (tertiary/aromatic N) is 1. The molecule has 94 valence electrons. The van der Waals surface area contributed by atoms with E-state index in [0.717, 1.165) is 19.6 Å². The summed E-state index contributed by atoms with van der Waals surface area (Å²) in [7, 11) is 3.74. The van der Waals surface area contributed by atoms with Crippen LogP contribution in [-0.2, 0) is 9.53 Å². The van der Waals surface area contributed by atoms with Crippen molar-refractivity contribution >= 4 is 5.91 Å². The van der Waals surface area contributed by atoms with E-state index in [1.54, 1.807) is 7.05 Å². The first-order valence-electron chi connectivity index (χ1n) is 5.90. The second kappa shape index (κ2) is 6.83. The van der Waals surface area contributed by atoms with Crippen molar-refractivity contribution in [2.45, 2.75) is 31.4 Å². The van der Waals surface area contributed by atoms with Gasteiger partial charge in [-0.1, -0.05) is 0 Å². The smallest absolute Gasteiger partial charge is 0.235 e. The Labute approximate surface area is 97.3 Å². The van der Waals surface area contributed by atoms with Gasteiger partial charge in [-0.05, 0) is 33.4 Å². The van der Waals surface area contributed by atoms with Crippen molar-refractivity contribution in [1.29, 1.82) is 0 Å². The maximum Gasteiger partial charge on any atom is 0.235 e. The van der Waals surface area contributed by atoms with Gasteiger partial charge in [0.25, 0.3) is 0 Å². The van der Waals surface area contributed by atoms with Crippen molar-refractivity contribution in [3.8, 4) is 0 Å². The molecule has 3 N–H and O–H groups in total. The summed E-state index contributed by atoms with van der Waals surface area (Å²) in [6, 6.07) is -0.284. The monoisotopic (exact) mass is 229 g/mol. The van der Waals surface area contributed by atoms with Crippen LogP contribution < -0.4 is 11.1 Å². The standard InChI is InChI=1S/C11H23N3O2/c1-13-10(11(12)15)8-14(2)7-9-5-3-4-6-16-9/h9-10,13H,3-8H2,1-2H3,(H2,12,15). The van der Waals surface area contributed by atoms with Gasteiger partial charge in [-0.25, -0.2) is 0 Å². The molecular formula is C11H23N3O2. The number of nitrogens with one attached hydrogen (secondary N) is 1. The summed E-state index contributed by atoms with van der Waals surface area (Å²) in [4.78, 5) is 13.2. The highest BCUT2D eigenvalue weighted by Gasteiger charge is 2.19. The van der Waals surface area contributed by atoms with Crippen LogP contribution >= 0.6 is 0 Å². The molecule has 1 aliphatic rings. The number of hydrogen-bond donors (Lipinski definition) is 2. The maximum absolute atomic E-state index is 11.1. The first-order chi connectivity index (χ1) is 7.63. The molecular weight excluding hydrogens is 206 g/mol. The Morgan fingerprint density at radius 1 is 1.62 bits per heavy atom. The van der Waals surface area contributed by atoms with Crippen LogP contribution in [0.5, 0.6) is 0 Å². The number of rotatable bonds is 6. The average Bonchev–Trinajstić information content (AvgIpc) is 2.27. The largest absolute Gasteiger partial charge is 0.377 e. The van der Waals surface area contributed by atoms with Crippen molar-refractivity contribution in [2.75, 3.05) is 33.8 Å². The summed E-state index contributed by atoms with van der Waals surface area (Å²) in [5.41, 5.74) is 5.27. The highest BCUT2D eigenvalue weighted by atomic mass is 16.5. The number of carbonyl (C=O) groups is 1. The number of likely N-dealkylation sites (N-methyl/N-ethyl adjacent to an activating group) is 2.